The molecule has 100 valence electrons. The Balaban J connectivity index is 1.85. The van der Waals surface area contributed by atoms with Crippen LogP contribution in [0.4, 0.5) is 0 Å². The van der Waals surface area contributed by atoms with Gasteiger partial charge >= 0.3 is 0 Å². The number of hydrazone groups is 1. The molecular formula is C16H15N3O. The summed E-state index contributed by atoms with van der Waals surface area (Å²) in [4.78, 5) is 15.4. The normalized spacial score (nSPS) is 18.4. The molecular weight excluding hydrogens is 250 g/mol. The molecule has 0 spiro atoms. The third-order valence-electron chi connectivity index (χ3n) is 3.48. The van der Waals surface area contributed by atoms with Crippen LogP contribution in [0, 0.1) is 5.92 Å². The molecule has 4 heteroatoms. The molecule has 20 heavy (non-hydrogen) atoms. The zero-order valence-electron chi connectivity index (χ0n) is 11.2. The Hall–Kier alpha value is -2.49. The van der Waals surface area contributed by atoms with Crippen molar-refractivity contribution in [3.63, 3.8) is 0 Å². The summed E-state index contributed by atoms with van der Waals surface area (Å²) < 4.78 is 0. The molecule has 2 heterocycles. The van der Waals surface area contributed by atoms with Gasteiger partial charge in [-0.25, -0.2) is 5.43 Å². The lowest BCUT2D eigenvalue weighted by Gasteiger charge is -2.18. The number of rotatable bonds is 2. The second kappa shape index (κ2) is 5.25. The first-order valence-electron chi connectivity index (χ1n) is 6.61. The first-order chi connectivity index (χ1) is 9.74. The standard InChI is InChI=1S/C16H15N3O/c1-11-10-15(18-19-16(11)20)14-4-2-12(3-5-14)13-6-8-17-9-7-13/h2-9,11H,10H2,1H3,(H,19,20). The fourth-order valence-corrected chi connectivity index (χ4v) is 2.24. The van der Waals surface area contributed by atoms with E-state index in [0.717, 1.165) is 22.4 Å². The molecule has 1 aromatic heterocycles. The highest BCUT2D eigenvalue weighted by Gasteiger charge is 2.21. The molecule has 1 amide bonds. The van der Waals surface area contributed by atoms with E-state index >= 15 is 0 Å². The molecule has 1 aliphatic heterocycles. The van der Waals surface area contributed by atoms with Gasteiger partial charge in [-0.2, -0.15) is 5.10 Å². The summed E-state index contributed by atoms with van der Waals surface area (Å²) in [5, 5.41) is 4.14. The highest BCUT2D eigenvalue weighted by Crippen LogP contribution is 2.21. The number of amides is 1. The molecule has 0 bridgehead atoms. The van der Waals surface area contributed by atoms with E-state index in [2.05, 4.69) is 27.6 Å². The van der Waals surface area contributed by atoms with E-state index in [1.165, 1.54) is 0 Å². The van der Waals surface area contributed by atoms with Crippen molar-refractivity contribution >= 4 is 11.6 Å². The summed E-state index contributed by atoms with van der Waals surface area (Å²) >= 11 is 0. The van der Waals surface area contributed by atoms with Crippen molar-refractivity contribution in [2.45, 2.75) is 13.3 Å². The fourth-order valence-electron chi connectivity index (χ4n) is 2.24. The lowest BCUT2D eigenvalue weighted by atomic mass is 9.96. The van der Waals surface area contributed by atoms with Crippen molar-refractivity contribution in [1.82, 2.24) is 10.4 Å². The van der Waals surface area contributed by atoms with Crippen LogP contribution in [0.3, 0.4) is 0 Å². The first-order valence-corrected chi connectivity index (χ1v) is 6.61. The van der Waals surface area contributed by atoms with E-state index in [0.29, 0.717) is 6.42 Å². The molecule has 3 rings (SSSR count). The van der Waals surface area contributed by atoms with E-state index in [1.54, 1.807) is 12.4 Å². The number of carbonyl (C=O) groups excluding carboxylic acids is 1. The van der Waals surface area contributed by atoms with Crippen molar-refractivity contribution < 1.29 is 4.79 Å². The Bertz CT molecular complexity index is 647. The predicted molar refractivity (Wildman–Crippen MR) is 78.1 cm³/mol. The van der Waals surface area contributed by atoms with Gasteiger partial charge in [-0.1, -0.05) is 31.2 Å². The van der Waals surface area contributed by atoms with E-state index in [9.17, 15) is 4.79 Å². The van der Waals surface area contributed by atoms with Gasteiger partial charge in [0.05, 0.1) is 5.71 Å². The Morgan fingerprint density at radius 2 is 1.60 bits per heavy atom. The van der Waals surface area contributed by atoms with Crippen LogP contribution < -0.4 is 5.43 Å². The molecule has 0 fully saturated rings. The van der Waals surface area contributed by atoms with Crippen molar-refractivity contribution in [3.05, 3.63) is 54.4 Å². The lowest BCUT2D eigenvalue weighted by molar-refractivity contribution is -0.124. The monoisotopic (exact) mass is 265 g/mol. The molecule has 4 nitrogen and oxygen atoms in total. The highest BCUT2D eigenvalue weighted by atomic mass is 16.2. The topological polar surface area (TPSA) is 54.4 Å². The van der Waals surface area contributed by atoms with Crippen LogP contribution in [0.2, 0.25) is 0 Å². The smallest absolute Gasteiger partial charge is 0.243 e. The number of carbonyl (C=O) groups is 1. The van der Waals surface area contributed by atoms with E-state index < -0.39 is 0 Å². The summed E-state index contributed by atoms with van der Waals surface area (Å²) in [6.07, 6.45) is 4.25. The van der Waals surface area contributed by atoms with Crippen molar-refractivity contribution in [2.75, 3.05) is 0 Å². The van der Waals surface area contributed by atoms with Crippen LogP contribution in [0.25, 0.3) is 11.1 Å². The Kier molecular flexibility index (Phi) is 3.29. The van der Waals surface area contributed by atoms with Crippen LogP contribution in [-0.2, 0) is 4.79 Å². The Labute approximate surface area is 117 Å². The zero-order valence-corrected chi connectivity index (χ0v) is 11.2. The maximum atomic E-state index is 11.4. The summed E-state index contributed by atoms with van der Waals surface area (Å²) in [5.41, 5.74) is 6.83. The van der Waals surface area contributed by atoms with Gasteiger partial charge in [0.2, 0.25) is 5.91 Å². The molecule has 0 aliphatic carbocycles. The van der Waals surface area contributed by atoms with Crippen LogP contribution in [0.5, 0.6) is 0 Å². The van der Waals surface area contributed by atoms with Crippen molar-refractivity contribution in [2.24, 2.45) is 11.0 Å². The number of benzene rings is 1. The second-order valence-electron chi connectivity index (χ2n) is 4.95. The molecule has 1 aliphatic rings. The van der Waals surface area contributed by atoms with E-state index in [-0.39, 0.29) is 11.8 Å². The molecule has 0 radical (unpaired) electrons. The Morgan fingerprint density at radius 1 is 1.00 bits per heavy atom. The maximum absolute atomic E-state index is 11.4. The van der Waals surface area contributed by atoms with Gasteiger partial charge in [0.1, 0.15) is 0 Å². The summed E-state index contributed by atoms with van der Waals surface area (Å²) in [7, 11) is 0. The lowest BCUT2D eigenvalue weighted by Crippen LogP contribution is -2.33. The largest absolute Gasteiger partial charge is 0.273 e. The molecule has 0 saturated carbocycles. The van der Waals surface area contributed by atoms with Gasteiger partial charge in [0.15, 0.2) is 0 Å². The minimum Gasteiger partial charge on any atom is -0.273 e. The Morgan fingerprint density at radius 3 is 2.25 bits per heavy atom. The summed E-state index contributed by atoms with van der Waals surface area (Å²) in [6, 6.07) is 12.2. The van der Waals surface area contributed by atoms with Gasteiger partial charge in [-0.05, 0) is 28.8 Å². The second-order valence-corrected chi connectivity index (χ2v) is 4.95. The van der Waals surface area contributed by atoms with Gasteiger partial charge in [-0.15, -0.1) is 0 Å². The molecule has 2 aromatic rings. The predicted octanol–water partition coefficient (Wildman–Crippen LogP) is 2.61. The van der Waals surface area contributed by atoms with Crippen molar-refractivity contribution in [3.8, 4) is 11.1 Å². The molecule has 1 N–H and O–H groups in total. The van der Waals surface area contributed by atoms with Crippen molar-refractivity contribution in [1.29, 1.82) is 0 Å². The summed E-state index contributed by atoms with van der Waals surface area (Å²) in [6.45, 7) is 1.91. The third kappa shape index (κ3) is 2.45. The fraction of sp³-hybridized carbons (Fsp3) is 0.188. The van der Waals surface area contributed by atoms with Crippen LogP contribution in [0.15, 0.2) is 53.9 Å². The number of hydrogen-bond acceptors (Lipinski definition) is 3. The van der Waals surface area contributed by atoms with Crippen LogP contribution >= 0.6 is 0 Å². The van der Waals surface area contributed by atoms with Gasteiger partial charge in [0, 0.05) is 24.7 Å². The third-order valence-corrected chi connectivity index (χ3v) is 3.48. The number of nitrogens with zero attached hydrogens (tertiary/aromatic N) is 2. The maximum Gasteiger partial charge on any atom is 0.243 e. The minimum atomic E-state index is -0.0256. The van der Waals surface area contributed by atoms with Gasteiger partial charge in [0.25, 0.3) is 0 Å². The van der Waals surface area contributed by atoms with E-state index in [4.69, 9.17) is 0 Å². The SMILES string of the molecule is CC1CC(c2ccc(-c3ccncc3)cc2)=NNC1=O. The number of nitrogens with one attached hydrogen (secondary N) is 1. The summed E-state index contributed by atoms with van der Waals surface area (Å²) in [5.74, 6) is -0.0375. The van der Waals surface area contributed by atoms with Crippen LogP contribution in [-0.4, -0.2) is 16.6 Å². The van der Waals surface area contributed by atoms with Crippen LogP contribution in [0.1, 0.15) is 18.9 Å². The average molecular weight is 265 g/mol. The number of aromatic nitrogens is 1. The molecule has 1 atom stereocenters. The molecule has 1 aromatic carbocycles. The quantitative estimate of drug-likeness (QED) is 0.907. The number of pyridine rings is 1. The minimum absolute atomic E-state index is 0.0119. The zero-order chi connectivity index (χ0) is 13.9. The first kappa shape index (κ1) is 12.5. The molecule has 0 saturated heterocycles. The molecule has 1 unspecified atom stereocenters. The van der Waals surface area contributed by atoms with E-state index in [1.807, 2.05) is 31.2 Å². The van der Waals surface area contributed by atoms with Gasteiger partial charge < -0.3 is 0 Å². The number of hydrogen-bond donors (Lipinski definition) is 1. The average Bonchev–Trinajstić information content (AvgIpc) is 2.51. The highest BCUT2D eigenvalue weighted by molar-refractivity contribution is 6.04. The van der Waals surface area contributed by atoms with Gasteiger partial charge in [-0.3, -0.25) is 9.78 Å².